The van der Waals surface area contributed by atoms with Gasteiger partial charge in [0.1, 0.15) is 0 Å². The molecule has 1 heterocycles. The summed E-state index contributed by atoms with van der Waals surface area (Å²) < 4.78 is 0.568. The molecule has 80 valence electrons. The van der Waals surface area contributed by atoms with Crippen molar-refractivity contribution in [2.45, 2.75) is 4.58 Å². The van der Waals surface area contributed by atoms with Crippen molar-refractivity contribution >= 4 is 46.5 Å². The van der Waals surface area contributed by atoms with Crippen molar-refractivity contribution in [2.24, 2.45) is 5.73 Å². The van der Waals surface area contributed by atoms with E-state index < -0.39 is 0 Å². The van der Waals surface area contributed by atoms with Crippen molar-refractivity contribution in [2.75, 3.05) is 16.8 Å². The third-order valence-corrected chi connectivity index (χ3v) is 5.25. The first kappa shape index (κ1) is 11.1. The second-order valence-corrected chi connectivity index (χ2v) is 6.35. The Bertz CT molecular complexity index is 361. The summed E-state index contributed by atoms with van der Waals surface area (Å²) in [7, 11) is 0. The summed E-state index contributed by atoms with van der Waals surface area (Å²) in [5, 5.41) is 3.28. The van der Waals surface area contributed by atoms with Crippen LogP contribution in [-0.2, 0) is 0 Å². The lowest BCUT2D eigenvalue weighted by Gasteiger charge is -2.10. The maximum absolute atomic E-state index is 5.44. The van der Waals surface area contributed by atoms with Gasteiger partial charge in [-0.25, -0.2) is 0 Å². The van der Waals surface area contributed by atoms with Crippen LogP contribution in [0.25, 0.3) is 0 Å². The molecule has 15 heavy (non-hydrogen) atoms. The molecule has 0 aliphatic carbocycles. The van der Waals surface area contributed by atoms with Crippen LogP contribution in [0.1, 0.15) is 10.1 Å². The molecule has 0 spiro atoms. The molecule has 1 fully saturated rings. The summed E-state index contributed by atoms with van der Waals surface area (Å²) in [6, 6.07) is 8.29. The summed E-state index contributed by atoms with van der Waals surface area (Å²) in [5.41, 5.74) is 7.75. The minimum Gasteiger partial charge on any atom is -0.376 e. The van der Waals surface area contributed by atoms with Crippen LogP contribution in [0, 0.1) is 0 Å². The van der Waals surface area contributed by atoms with Gasteiger partial charge in [-0.3, -0.25) is 0 Å². The summed E-state index contributed by atoms with van der Waals surface area (Å²) in [5.74, 6) is 2.48. The number of nitrogens with one attached hydrogen (secondary N) is 1. The van der Waals surface area contributed by atoms with Crippen molar-refractivity contribution in [3.8, 4) is 0 Å². The number of thioether (sulfide) groups is 2. The highest BCUT2D eigenvalue weighted by atomic mass is 32.2. The van der Waals surface area contributed by atoms with E-state index in [-0.39, 0.29) is 0 Å². The van der Waals surface area contributed by atoms with Crippen molar-refractivity contribution in [1.82, 2.24) is 0 Å². The number of anilines is 1. The smallest absolute Gasteiger partial charge is 0.168 e. The maximum atomic E-state index is 5.44. The topological polar surface area (TPSA) is 38.0 Å². The van der Waals surface area contributed by atoms with Crippen LogP contribution >= 0.6 is 35.7 Å². The van der Waals surface area contributed by atoms with E-state index in [4.69, 9.17) is 18.0 Å². The quantitative estimate of drug-likeness (QED) is 0.796. The third-order valence-electron chi connectivity index (χ3n) is 2.05. The molecule has 0 radical (unpaired) electrons. The first-order valence-corrected chi connectivity index (χ1v) is 7.16. The first-order valence-electron chi connectivity index (χ1n) is 4.65. The molecule has 0 amide bonds. The average molecular weight is 256 g/mol. The van der Waals surface area contributed by atoms with E-state index in [1.807, 2.05) is 35.7 Å². The monoisotopic (exact) mass is 256 g/mol. The van der Waals surface area contributed by atoms with Crippen LogP contribution in [0.3, 0.4) is 0 Å². The highest BCUT2D eigenvalue weighted by Crippen LogP contribution is 2.45. The summed E-state index contributed by atoms with van der Waals surface area (Å²) >= 11 is 8.80. The summed E-state index contributed by atoms with van der Waals surface area (Å²) in [6.07, 6.45) is 0. The Balaban J connectivity index is 2.14. The van der Waals surface area contributed by atoms with E-state index in [1.165, 1.54) is 17.1 Å². The number of hydrogen-bond acceptors (Lipinski definition) is 3. The van der Waals surface area contributed by atoms with E-state index in [0.717, 1.165) is 5.69 Å². The molecule has 1 aliphatic heterocycles. The minimum atomic E-state index is 0.318. The van der Waals surface area contributed by atoms with Crippen LogP contribution in [-0.4, -0.2) is 16.6 Å². The molecule has 2 nitrogen and oxygen atoms in total. The van der Waals surface area contributed by atoms with Gasteiger partial charge in [-0.15, -0.1) is 23.5 Å². The third kappa shape index (κ3) is 3.03. The van der Waals surface area contributed by atoms with Crippen molar-refractivity contribution in [1.29, 1.82) is 0 Å². The maximum Gasteiger partial charge on any atom is 0.168 e. The molecule has 0 aromatic heterocycles. The van der Waals surface area contributed by atoms with E-state index >= 15 is 0 Å². The Morgan fingerprint density at radius 1 is 1.40 bits per heavy atom. The predicted molar refractivity (Wildman–Crippen MR) is 74.5 cm³/mol. The van der Waals surface area contributed by atoms with Crippen LogP contribution in [0.4, 0.5) is 5.69 Å². The predicted octanol–water partition coefficient (Wildman–Crippen LogP) is 2.82. The number of hydrogen-bond donors (Lipinski definition) is 2. The van der Waals surface area contributed by atoms with Gasteiger partial charge < -0.3 is 11.1 Å². The average Bonchev–Trinajstić information content (AvgIpc) is 2.69. The summed E-state index contributed by atoms with van der Waals surface area (Å²) in [4.78, 5) is 0. The zero-order chi connectivity index (χ0) is 10.7. The van der Waals surface area contributed by atoms with E-state index in [9.17, 15) is 0 Å². The molecule has 5 heteroatoms. The van der Waals surface area contributed by atoms with Gasteiger partial charge in [0, 0.05) is 17.2 Å². The molecule has 3 N–H and O–H groups in total. The summed E-state index contributed by atoms with van der Waals surface area (Å²) in [6.45, 7) is 0. The lowest BCUT2D eigenvalue weighted by Crippen LogP contribution is -2.18. The van der Waals surface area contributed by atoms with Gasteiger partial charge >= 0.3 is 0 Å². The van der Waals surface area contributed by atoms with Gasteiger partial charge in [-0.05, 0) is 29.9 Å². The van der Waals surface area contributed by atoms with E-state index in [0.29, 0.717) is 9.69 Å². The number of benzene rings is 1. The van der Waals surface area contributed by atoms with Gasteiger partial charge in [-0.2, -0.15) is 0 Å². The second-order valence-electron chi connectivity index (χ2n) is 3.19. The Morgan fingerprint density at radius 2 is 2.13 bits per heavy atom. The van der Waals surface area contributed by atoms with Gasteiger partial charge in [0.2, 0.25) is 0 Å². The van der Waals surface area contributed by atoms with E-state index in [2.05, 4.69) is 17.4 Å². The molecule has 0 bridgehead atoms. The Labute approximate surface area is 103 Å². The van der Waals surface area contributed by atoms with Crippen LogP contribution < -0.4 is 11.1 Å². The molecule has 0 unspecified atom stereocenters. The van der Waals surface area contributed by atoms with Crippen molar-refractivity contribution < 1.29 is 0 Å². The SMILES string of the molecule is NC(=S)Nc1cccc(C2SCCS2)c1. The molecule has 1 aromatic carbocycles. The lowest BCUT2D eigenvalue weighted by molar-refractivity contribution is 1.39. The van der Waals surface area contributed by atoms with Crippen molar-refractivity contribution in [3.63, 3.8) is 0 Å². The normalized spacial score (nSPS) is 16.5. The molecular weight excluding hydrogens is 244 g/mol. The van der Waals surface area contributed by atoms with Gasteiger partial charge in [0.25, 0.3) is 0 Å². The first-order chi connectivity index (χ1) is 7.25. The molecule has 0 atom stereocenters. The van der Waals surface area contributed by atoms with Gasteiger partial charge in [0.15, 0.2) is 5.11 Å². The molecular formula is C10H12N2S3. The van der Waals surface area contributed by atoms with Crippen LogP contribution in [0.15, 0.2) is 24.3 Å². The van der Waals surface area contributed by atoms with E-state index in [1.54, 1.807) is 0 Å². The molecule has 1 aromatic rings. The highest BCUT2D eigenvalue weighted by molar-refractivity contribution is 8.19. The lowest BCUT2D eigenvalue weighted by atomic mass is 10.2. The molecule has 1 aliphatic rings. The Hall–Kier alpha value is -0.390. The zero-order valence-corrected chi connectivity index (χ0v) is 10.6. The number of nitrogens with two attached hydrogens (primary N) is 1. The van der Waals surface area contributed by atoms with Crippen molar-refractivity contribution in [3.05, 3.63) is 29.8 Å². The molecule has 1 saturated heterocycles. The number of thiocarbonyl (C=S) groups is 1. The second kappa shape index (κ2) is 5.09. The minimum absolute atomic E-state index is 0.318. The fraction of sp³-hybridized carbons (Fsp3) is 0.300. The fourth-order valence-corrected chi connectivity index (χ4v) is 4.41. The standard InChI is InChI=1S/C10H12N2S3/c11-10(13)12-8-3-1-2-7(6-8)9-14-4-5-15-9/h1-3,6,9H,4-5H2,(H3,11,12,13). The van der Waals surface area contributed by atoms with Crippen LogP contribution in [0.5, 0.6) is 0 Å². The Morgan fingerprint density at radius 3 is 2.80 bits per heavy atom. The number of rotatable bonds is 2. The highest BCUT2D eigenvalue weighted by Gasteiger charge is 2.18. The molecule has 0 saturated carbocycles. The van der Waals surface area contributed by atoms with Gasteiger partial charge in [-0.1, -0.05) is 12.1 Å². The van der Waals surface area contributed by atoms with Gasteiger partial charge in [0.05, 0.1) is 4.58 Å². The largest absolute Gasteiger partial charge is 0.376 e. The zero-order valence-electron chi connectivity index (χ0n) is 8.10. The fourth-order valence-electron chi connectivity index (χ4n) is 1.46. The van der Waals surface area contributed by atoms with Crippen LogP contribution in [0.2, 0.25) is 0 Å². The Kier molecular flexibility index (Phi) is 3.77. The molecule has 2 rings (SSSR count).